The predicted octanol–water partition coefficient (Wildman–Crippen LogP) is 1.35. The topological polar surface area (TPSA) is 12.5 Å². The lowest BCUT2D eigenvalue weighted by Crippen LogP contribution is -2.01. The van der Waals surface area contributed by atoms with Gasteiger partial charge in [-0.3, -0.25) is 0 Å². The number of ether oxygens (including phenoxy) is 1. The van der Waals surface area contributed by atoms with Gasteiger partial charge >= 0.3 is 0 Å². The number of hydrogen-bond acceptors (Lipinski definition) is 1. The molecule has 8 heavy (non-hydrogen) atoms. The molecule has 1 saturated heterocycles. The van der Waals surface area contributed by atoms with Gasteiger partial charge in [-0.05, 0) is 18.8 Å². The van der Waals surface area contributed by atoms with Crippen molar-refractivity contribution in [1.29, 1.82) is 0 Å². The summed E-state index contributed by atoms with van der Waals surface area (Å²) in [5.41, 5.74) is 0. The summed E-state index contributed by atoms with van der Waals surface area (Å²) in [7, 11) is 0. The fourth-order valence-corrected chi connectivity index (χ4v) is 1.27. The average Bonchev–Trinajstić information content (AvgIpc) is 2.49. The van der Waals surface area contributed by atoms with Crippen molar-refractivity contribution in [2.24, 2.45) is 5.92 Å². The summed E-state index contributed by atoms with van der Waals surface area (Å²) in [5.74, 6) is 0.843. The van der Waals surface area contributed by atoms with Crippen LogP contribution in [0.25, 0.3) is 0 Å². The first-order valence-electron chi connectivity index (χ1n) is 3.23. The SMILES string of the molecule is C1=CCC(C2CO2)C1. The smallest absolute Gasteiger partial charge is 0.0843 e. The highest BCUT2D eigenvalue weighted by Crippen LogP contribution is 2.30. The van der Waals surface area contributed by atoms with Crippen LogP contribution in [-0.4, -0.2) is 12.7 Å². The van der Waals surface area contributed by atoms with Crippen molar-refractivity contribution in [2.75, 3.05) is 6.61 Å². The first kappa shape index (κ1) is 4.57. The second kappa shape index (κ2) is 1.59. The summed E-state index contributed by atoms with van der Waals surface area (Å²) in [6, 6.07) is 0. The monoisotopic (exact) mass is 110 g/mol. The first-order chi connectivity index (χ1) is 3.97. The minimum atomic E-state index is 0.630. The van der Waals surface area contributed by atoms with E-state index in [1.807, 2.05) is 0 Å². The summed E-state index contributed by atoms with van der Waals surface area (Å²) < 4.78 is 5.15. The number of allylic oxidation sites excluding steroid dienone is 2. The lowest BCUT2D eigenvalue weighted by molar-refractivity contribution is 0.337. The van der Waals surface area contributed by atoms with Gasteiger partial charge in [0.1, 0.15) is 0 Å². The molecule has 1 heterocycles. The number of epoxide rings is 1. The van der Waals surface area contributed by atoms with E-state index in [1.165, 1.54) is 12.8 Å². The van der Waals surface area contributed by atoms with Crippen molar-refractivity contribution in [3.63, 3.8) is 0 Å². The molecule has 1 fully saturated rings. The molecular formula is C7H10O. The zero-order valence-corrected chi connectivity index (χ0v) is 4.84. The van der Waals surface area contributed by atoms with E-state index in [9.17, 15) is 0 Å². The maximum absolute atomic E-state index is 5.15. The number of rotatable bonds is 1. The molecule has 0 aromatic heterocycles. The highest BCUT2D eigenvalue weighted by Gasteiger charge is 2.32. The van der Waals surface area contributed by atoms with E-state index in [0.717, 1.165) is 12.5 Å². The first-order valence-corrected chi connectivity index (χ1v) is 3.23. The molecule has 1 atom stereocenters. The molecule has 44 valence electrons. The molecule has 0 radical (unpaired) electrons. The normalized spacial score (nSPS) is 36.2. The summed E-state index contributed by atoms with van der Waals surface area (Å²) >= 11 is 0. The lowest BCUT2D eigenvalue weighted by Gasteiger charge is -2.00. The van der Waals surface area contributed by atoms with Gasteiger partial charge in [0.2, 0.25) is 0 Å². The third-order valence-corrected chi connectivity index (χ3v) is 1.93. The summed E-state index contributed by atoms with van der Waals surface area (Å²) in [6.45, 7) is 1.02. The molecule has 1 aliphatic heterocycles. The zero-order valence-electron chi connectivity index (χ0n) is 4.84. The Balaban J connectivity index is 1.90. The minimum absolute atomic E-state index is 0.630. The van der Waals surface area contributed by atoms with Crippen molar-refractivity contribution in [1.82, 2.24) is 0 Å². The van der Waals surface area contributed by atoms with Crippen LogP contribution < -0.4 is 0 Å². The summed E-state index contributed by atoms with van der Waals surface area (Å²) in [6.07, 6.45) is 7.65. The molecule has 1 unspecified atom stereocenters. The highest BCUT2D eigenvalue weighted by atomic mass is 16.6. The van der Waals surface area contributed by atoms with Crippen LogP contribution in [0.5, 0.6) is 0 Å². The Morgan fingerprint density at radius 2 is 1.88 bits per heavy atom. The van der Waals surface area contributed by atoms with Crippen LogP contribution in [0.4, 0.5) is 0 Å². The van der Waals surface area contributed by atoms with Gasteiger partial charge in [-0.2, -0.15) is 0 Å². The summed E-state index contributed by atoms with van der Waals surface area (Å²) in [5, 5.41) is 0. The van der Waals surface area contributed by atoms with Crippen molar-refractivity contribution in [3.05, 3.63) is 12.2 Å². The van der Waals surface area contributed by atoms with Gasteiger partial charge in [-0.1, -0.05) is 12.2 Å². The zero-order chi connectivity index (χ0) is 5.40. The maximum Gasteiger partial charge on any atom is 0.0843 e. The van der Waals surface area contributed by atoms with E-state index in [1.54, 1.807) is 0 Å². The van der Waals surface area contributed by atoms with Crippen molar-refractivity contribution >= 4 is 0 Å². The Hall–Kier alpha value is -0.300. The van der Waals surface area contributed by atoms with Crippen LogP contribution in [0, 0.1) is 5.92 Å². The molecular weight excluding hydrogens is 100 g/mol. The highest BCUT2D eigenvalue weighted by molar-refractivity contribution is 4.99. The fourth-order valence-electron chi connectivity index (χ4n) is 1.27. The van der Waals surface area contributed by atoms with Crippen LogP contribution in [0.1, 0.15) is 12.8 Å². The van der Waals surface area contributed by atoms with Gasteiger partial charge in [-0.15, -0.1) is 0 Å². The minimum Gasteiger partial charge on any atom is -0.373 e. The van der Waals surface area contributed by atoms with Crippen LogP contribution in [0.15, 0.2) is 12.2 Å². The Labute approximate surface area is 49.3 Å². The van der Waals surface area contributed by atoms with Gasteiger partial charge < -0.3 is 4.74 Å². The van der Waals surface area contributed by atoms with E-state index >= 15 is 0 Å². The molecule has 1 aliphatic carbocycles. The quantitative estimate of drug-likeness (QED) is 0.366. The van der Waals surface area contributed by atoms with Crippen molar-refractivity contribution < 1.29 is 4.74 Å². The third-order valence-electron chi connectivity index (χ3n) is 1.93. The molecule has 0 amide bonds. The molecule has 0 bridgehead atoms. The molecule has 2 rings (SSSR count). The van der Waals surface area contributed by atoms with E-state index in [2.05, 4.69) is 12.2 Å². The largest absolute Gasteiger partial charge is 0.373 e. The molecule has 1 nitrogen and oxygen atoms in total. The predicted molar refractivity (Wildman–Crippen MR) is 31.6 cm³/mol. The summed E-state index contributed by atoms with van der Waals surface area (Å²) in [4.78, 5) is 0. The van der Waals surface area contributed by atoms with Gasteiger partial charge in [0.15, 0.2) is 0 Å². The molecule has 2 aliphatic rings. The molecule has 0 aromatic carbocycles. The van der Waals surface area contributed by atoms with Crippen molar-refractivity contribution in [2.45, 2.75) is 18.9 Å². The fraction of sp³-hybridized carbons (Fsp3) is 0.714. The van der Waals surface area contributed by atoms with E-state index in [4.69, 9.17) is 4.74 Å². The Morgan fingerprint density at radius 1 is 1.25 bits per heavy atom. The van der Waals surface area contributed by atoms with Crippen LogP contribution in [0.2, 0.25) is 0 Å². The van der Waals surface area contributed by atoms with Crippen LogP contribution in [0.3, 0.4) is 0 Å². The van der Waals surface area contributed by atoms with Crippen LogP contribution in [-0.2, 0) is 4.74 Å². The molecule has 1 heteroatoms. The van der Waals surface area contributed by atoms with Gasteiger partial charge in [0.25, 0.3) is 0 Å². The van der Waals surface area contributed by atoms with Gasteiger partial charge in [0, 0.05) is 0 Å². The van der Waals surface area contributed by atoms with E-state index in [0.29, 0.717) is 6.10 Å². The molecule has 0 N–H and O–H groups in total. The maximum atomic E-state index is 5.15. The molecule has 0 saturated carbocycles. The Morgan fingerprint density at radius 3 is 2.38 bits per heavy atom. The molecule has 0 aromatic rings. The van der Waals surface area contributed by atoms with E-state index < -0.39 is 0 Å². The second-order valence-electron chi connectivity index (χ2n) is 2.57. The number of hydrogen-bond donors (Lipinski definition) is 0. The standard InChI is InChI=1S/C7H10O/c1-2-4-6(3-1)7-5-8-7/h1-2,6-7H,3-5H2. The van der Waals surface area contributed by atoms with Gasteiger partial charge in [0.05, 0.1) is 12.7 Å². The lowest BCUT2D eigenvalue weighted by atomic mass is 10.0. The molecule has 0 spiro atoms. The Kier molecular flexibility index (Phi) is 0.908. The van der Waals surface area contributed by atoms with E-state index in [-0.39, 0.29) is 0 Å². The third kappa shape index (κ3) is 0.671. The van der Waals surface area contributed by atoms with Crippen molar-refractivity contribution in [3.8, 4) is 0 Å². The Bertz CT molecular complexity index is 106. The van der Waals surface area contributed by atoms with Gasteiger partial charge in [-0.25, -0.2) is 0 Å². The average molecular weight is 110 g/mol. The second-order valence-corrected chi connectivity index (χ2v) is 2.57. The van der Waals surface area contributed by atoms with Crippen LogP contribution >= 0.6 is 0 Å².